The molecule has 1 aromatic carbocycles. The molecule has 1 aliphatic rings. The number of piperidine rings is 1. The molecule has 1 heterocycles. The Balaban J connectivity index is 0.00000242. The molecule has 2 atom stereocenters. The molecular weight excluding hydrogens is 304 g/mol. The normalized spacial score (nSPS) is 20.9. The van der Waals surface area contributed by atoms with Gasteiger partial charge in [-0.05, 0) is 44.0 Å². The predicted molar refractivity (Wildman–Crippen MR) is 88.6 cm³/mol. The number of hydrogen-bond acceptors (Lipinski definition) is 4. The number of nitrogens with zero attached hydrogens (tertiary/aromatic N) is 1. The molecule has 5 nitrogen and oxygen atoms in total. The Morgan fingerprint density at radius 1 is 1.50 bits per heavy atom. The fourth-order valence-electron chi connectivity index (χ4n) is 2.85. The van der Waals surface area contributed by atoms with Gasteiger partial charge in [0, 0.05) is 25.6 Å². The summed E-state index contributed by atoms with van der Waals surface area (Å²) in [4.78, 5) is 14.2. The molecule has 1 fully saturated rings. The van der Waals surface area contributed by atoms with E-state index in [0.717, 1.165) is 24.9 Å². The van der Waals surface area contributed by atoms with Crippen molar-refractivity contribution < 1.29 is 14.6 Å². The summed E-state index contributed by atoms with van der Waals surface area (Å²) in [5.41, 5.74) is 0.895. The topological polar surface area (TPSA) is 61.8 Å². The molecule has 1 aromatic rings. The second-order valence-electron chi connectivity index (χ2n) is 5.78. The summed E-state index contributed by atoms with van der Waals surface area (Å²) in [5, 5.41) is 13.1. The summed E-state index contributed by atoms with van der Waals surface area (Å²) < 4.78 is 5.02. The fraction of sp³-hybridized carbons (Fsp3) is 0.562. The summed E-state index contributed by atoms with van der Waals surface area (Å²) in [6.07, 6.45) is 1.78. The molecule has 0 radical (unpaired) electrons. The quantitative estimate of drug-likeness (QED) is 0.889. The number of carbonyl (C=O) groups is 1. The van der Waals surface area contributed by atoms with E-state index in [2.05, 4.69) is 12.2 Å². The third kappa shape index (κ3) is 4.52. The average Bonchev–Trinajstić information content (AvgIpc) is 2.46. The van der Waals surface area contributed by atoms with Gasteiger partial charge in [-0.1, -0.05) is 6.07 Å². The minimum atomic E-state index is 0. The van der Waals surface area contributed by atoms with Crippen LogP contribution in [0, 0.1) is 5.92 Å². The molecule has 0 unspecified atom stereocenters. The number of ether oxygens (including phenoxy) is 1. The third-order valence-electron chi connectivity index (χ3n) is 4.01. The number of methoxy groups -OCH3 is 1. The summed E-state index contributed by atoms with van der Waals surface area (Å²) in [5.74, 6) is 0.822. The number of nitrogens with one attached hydrogen (secondary N) is 1. The first-order valence-electron chi connectivity index (χ1n) is 7.35. The number of aromatic hydroxyl groups is 1. The maximum atomic E-state index is 12.5. The zero-order valence-corrected chi connectivity index (χ0v) is 14.2. The van der Waals surface area contributed by atoms with E-state index >= 15 is 0 Å². The van der Waals surface area contributed by atoms with Crippen molar-refractivity contribution in [2.24, 2.45) is 5.92 Å². The minimum absolute atomic E-state index is 0. The highest BCUT2D eigenvalue weighted by atomic mass is 35.5. The second kappa shape index (κ2) is 8.25. The lowest BCUT2D eigenvalue weighted by Crippen LogP contribution is -2.42. The van der Waals surface area contributed by atoms with Gasteiger partial charge >= 0.3 is 0 Å². The number of benzene rings is 1. The minimum Gasteiger partial charge on any atom is -0.504 e. The van der Waals surface area contributed by atoms with Gasteiger partial charge in [-0.3, -0.25) is 4.79 Å². The van der Waals surface area contributed by atoms with E-state index in [1.54, 1.807) is 17.0 Å². The Morgan fingerprint density at radius 3 is 2.82 bits per heavy atom. The molecule has 6 heteroatoms. The lowest BCUT2D eigenvalue weighted by molar-refractivity contribution is -0.135. The van der Waals surface area contributed by atoms with Crippen LogP contribution in [-0.2, 0) is 11.3 Å². The van der Waals surface area contributed by atoms with Crippen molar-refractivity contribution in [2.75, 3.05) is 20.7 Å². The number of phenolic OH excluding ortho intramolecular Hbond substituents is 1. The lowest BCUT2D eigenvalue weighted by Gasteiger charge is -2.30. The van der Waals surface area contributed by atoms with Crippen molar-refractivity contribution in [3.8, 4) is 11.5 Å². The van der Waals surface area contributed by atoms with Crippen LogP contribution in [0.5, 0.6) is 11.5 Å². The van der Waals surface area contributed by atoms with Gasteiger partial charge in [0.25, 0.3) is 0 Å². The molecular formula is C16H25ClN2O3. The highest BCUT2D eigenvalue weighted by Gasteiger charge is 2.27. The van der Waals surface area contributed by atoms with Gasteiger partial charge in [0.05, 0.1) is 7.11 Å². The molecule has 2 N–H and O–H groups in total. The zero-order valence-electron chi connectivity index (χ0n) is 13.3. The smallest absolute Gasteiger partial charge is 0.225 e. The van der Waals surface area contributed by atoms with Gasteiger partial charge in [-0.15, -0.1) is 12.4 Å². The zero-order chi connectivity index (χ0) is 15.4. The van der Waals surface area contributed by atoms with Crippen molar-refractivity contribution in [3.63, 3.8) is 0 Å². The first-order chi connectivity index (χ1) is 10.0. The molecule has 0 aliphatic carbocycles. The van der Waals surface area contributed by atoms with Crippen LogP contribution in [0.2, 0.25) is 0 Å². The summed E-state index contributed by atoms with van der Waals surface area (Å²) >= 11 is 0. The molecule has 2 rings (SSSR count). The van der Waals surface area contributed by atoms with E-state index in [1.165, 1.54) is 7.11 Å². The van der Waals surface area contributed by atoms with E-state index < -0.39 is 0 Å². The van der Waals surface area contributed by atoms with Crippen LogP contribution >= 0.6 is 12.4 Å². The number of halogens is 1. The largest absolute Gasteiger partial charge is 0.504 e. The van der Waals surface area contributed by atoms with E-state index in [-0.39, 0.29) is 30.0 Å². The summed E-state index contributed by atoms with van der Waals surface area (Å²) in [6, 6.07) is 5.63. The van der Waals surface area contributed by atoms with Crippen molar-refractivity contribution in [1.29, 1.82) is 0 Å². The highest BCUT2D eigenvalue weighted by molar-refractivity contribution is 5.85. The van der Waals surface area contributed by atoms with Gasteiger partial charge < -0.3 is 20.1 Å². The Morgan fingerprint density at radius 2 is 2.23 bits per heavy atom. The van der Waals surface area contributed by atoms with Crippen LogP contribution in [0.1, 0.15) is 25.3 Å². The highest BCUT2D eigenvalue weighted by Crippen LogP contribution is 2.27. The SMILES string of the molecule is COc1ccc(CN(C)C(=O)[C@H]2CCN[C@@H](C)C2)cc1O.Cl. The molecule has 0 aromatic heterocycles. The Bertz CT molecular complexity index is 510. The molecule has 0 bridgehead atoms. The van der Waals surface area contributed by atoms with Crippen molar-refractivity contribution >= 4 is 18.3 Å². The number of amides is 1. The van der Waals surface area contributed by atoms with E-state index in [0.29, 0.717) is 18.3 Å². The van der Waals surface area contributed by atoms with Crippen LogP contribution in [-0.4, -0.2) is 42.7 Å². The van der Waals surface area contributed by atoms with Gasteiger partial charge in [-0.2, -0.15) is 0 Å². The summed E-state index contributed by atoms with van der Waals surface area (Å²) in [7, 11) is 3.33. The maximum Gasteiger partial charge on any atom is 0.225 e. The second-order valence-corrected chi connectivity index (χ2v) is 5.78. The molecule has 1 aliphatic heterocycles. The standard InChI is InChI=1S/C16H24N2O3.ClH/c1-11-8-13(6-7-17-11)16(20)18(2)10-12-4-5-15(21-3)14(19)9-12;/h4-5,9,11,13,17,19H,6-8,10H2,1-3H3;1H/t11-,13-;/m0./s1. The summed E-state index contributed by atoms with van der Waals surface area (Å²) in [6.45, 7) is 3.50. The van der Waals surface area contributed by atoms with Crippen molar-refractivity contribution in [3.05, 3.63) is 23.8 Å². The van der Waals surface area contributed by atoms with Crippen LogP contribution in [0.3, 0.4) is 0 Å². The molecule has 1 saturated heterocycles. The molecule has 0 spiro atoms. The number of hydrogen-bond donors (Lipinski definition) is 2. The molecule has 22 heavy (non-hydrogen) atoms. The first-order valence-corrected chi connectivity index (χ1v) is 7.35. The molecule has 0 saturated carbocycles. The van der Waals surface area contributed by atoms with Gasteiger partial charge in [-0.25, -0.2) is 0 Å². The third-order valence-corrected chi connectivity index (χ3v) is 4.01. The number of phenols is 1. The number of carbonyl (C=O) groups excluding carboxylic acids is 1. The van der Waals surface area contributed by atoms with Crippen molar-refractivity contribution in [1.82, 2.24) is 10.2 Å². The van der Waals surface area contributed by atoms with E-state index in [1.807, 2.05) is 13.1 Å². The first kappa shape index (κ1) is 18.6. The lowest BCUT2D eigenvalue weighted by atomic mass is 9.92. The van der Waals surface area contributed by atoms with Gasteiger partial charge in [0.2, 0.25) is 5.91 Å². The van der Waals surface area contributed by atoms with Crippen LogP contribution in [0.15, 0.2) is 18.2 Å². The molecule has 124 valence electrons. The maximum absolute atomic E-state index is 12.5. The predicted octanol–water partition coefficient (Wildman–Crippen LogP) is 2.17. The Hall–Kier alpha value is -1.46. The van der Waals surface area contributed by atoms with E-state index in [9.17, 15) is 9.90 Å². The van der Waals surface area contributed by atoms with Crippen LogP contribution in [0.4, 0.5) is 0 Å². The van der Waals surface area contributed by atoms with Gasteiger partial charge in [0.1, 0.15) is 0 Å². The monoisotopic (exact) mass is 328 g/mol. The van der Waals surface area contributed by atoms with Crippen LogP contribution in [0.25, 0.3) is 0 Å². The number of rotatable bonds is 4. The van der Waals surface area contributed by atoms with Crippen LogP contribution < -0.4 is 10.1 Å². The Labute approximate surface area is 138 Å². The molecule has 1 amide bonds. The average molecular weight is 329 g/mol. The van der Waals surface area contributed by atoms with Gasteiger partial charge in [0.15, 0.2) is 11.5 Å². The fourth-order valence-corrected chi connectivity index (χ4v) is 2.85. The van der Waals surface area contributed by atoms with E-state index in [4.69, 9.17) is 4.74 Å². The van der Waals surface area contributed by atoms with Crippen molar-refractivity contribution in [2.45, 2.75) is 32.4 Å². The Kier molecular flexibility index (Phi) is 6.97.